The Kier molecular flexibility index (Phi) is 5.52. The number of likely N-dealkylation sites (N-methyl/N-ethyl adjacent to an activating group) is 1. The van der Waals surface area contributed by atoms with Crippen LogP contribution in [0.3, 0.4) is 0 Å². The van der Waals surface area contributed by atoms with Crippen LogP contribution in [-0.2, 0) is 12.0 Å². The summed E-state index contributed by atoms with van der Waals surface area (Å²) in [7, 11) is 2.22. The molecule has 3 fully saturated rings. The van der Waals surface area contributed by atoms with Crippen LogP contribution in [-0.4, -0.2) is 67.8 Å². The van der Waals surface area contributed by atoms with Crippen molar-refractivity contribution in [2.45, 2.75) is 58.2 Å². The molecule has 192 valence electrons. The molecule has 1 amide bonds. The Morgan fingerprint density at radius 1 is 1.19 bits per heavy atom. The zero-order valence-electron chi connectivity index (χ0n) is 21.9. The number of carbonyl (C=O) groups is 1. The van der Waals surface area contributed by atoms with E-state index in [4.69, 9.17) is 4.52 Å². The molecule has 0 radical (unpaired) electrons. The van der Waals surface area contributed by atoms with Gasteiger partial charge in [-0.15, -0.1) is 0 Å². The van der Waals surface area contributed by atoms with Crippen molar-refractivity contribution in [3.05, 3.63) is 59.6 Å². The maximum absolute atomic E-state index is 12.6. The van der Waals surface area contributed by atoms with Crippen molar-refractivity contribution in [2.75, 3.05) is 25.0 Å². The molecule has 1 N–H and O–H groups in total. The maximum Gasteiger partial charge on any atom is 0.292 e. The number of hydrogen-bond donors (Lipinski definition) is 1. The van der Waals surface area contributed by atoms with E-state index < -0.39 is 0 Å². The van der Waals surface area contributed by atoms with Gasteiger partial charge in [-0.25, -0.2) is 9.50 Å². The molecule has 10 nitrogen and oxygen atoms in total. The Morgan fingerprint density at radius 3 is 2.65 bits per heavy atom. The summed E-state index contributed by atoms with van der Waals surface area (Å²) in [6, 6.07) is 9.65. The van der Waals surface area contributed by atoms with Crippen molar-refractivity contribution in [2.24, 2.45) is 0 Å². The van der Waals surface area contributed by atoms with Crippen molar-refractivity contribution in [3.63, 3.8) is 0 Å². The summed E-state index contributed by atoms with van der Waals surface area (Å²) in [6.07, 6.45) is 5.00. The first kappa shape index (κ1) is 23.6. The lowest BCUT2D eigenvalue weighted by molar-refractivity contribution is 0.0264. The number of piperazine rings is 1. The fraction of sp³-hybridized carbons (Fsp3) is 0.444. The first-order valence-electron chi connectivity index (χ1n) is 12.7. The minimum Gasteiger partial charge on any atom is -0.367 e. The van der Waals surface area contributed by atoms with Gasteiger partial charge < -0.3 is 14.7 Å². The first-order chi connectivity index (χ1) is 17.7. The molecule has 0 spiro atoms. The monoisotopic (exact) mass is 500 g/mol. The van der Waals surface area contributed by atoms with Crippen LogP contribution in [0.5, 0.6) is 0 Å². The molecular weight excluding hydrogens is 468 g/mol. The molecule has 0 saturated carbocycles. The molecule has 0 aliphatic carbocycles. The van der Waals surface area contributed by atoms with Gasteiger partial charge in [0.25, 0.3) is 11.7 Å². The quantitative estimate of drug-likeness (QED) is 0.446. The van der Waals surface area contributed by atoms with E-state index in [2.05, 4.69) is 60.7 Å². The lowest BCUT2D eigenvalue weighted by Crippen LogP contribution is -2.67. The van der Waals surface area contributed by atoms with Crippen molar-refractivity contribution < 1.29 is 9.32 Å². The number of piperidine rings is 1. The molecule has 3 aliphatic heterocycles. The average Bonchev–Trinajstić information content (AvgIpc) is 3.55. The molecule has 6 heterocycles. The van der Waals surface area contributed by atoms with Crippen LogP contribution in [0.4, 0.5) is 5.69 Å². The minimum atomic E-state index is -0.359. The van der Waals surface area contributed by atoms with Crippen molar-refractivity contribution >= 4 is 17.1 Å². The molecular formula is C27H32N8O2. The first-order valence-corrected chi connectivity index (χ1v) is 12.7. The number of hydrogen-bond acceptors (Lipinski definition) is 8. The predicted octanol–water partition coefficient (Wildman–Crippen LogP) is 3.21. The van der Waals surface area contributed by atoms with Crippen LogP contribution in [0.15, 0.2) is 41.3 Å². The van der Waals surface area contributed by atoms with E-state index in [9.17, 15) is 4.79 Å². The van der Waals surface area contributed by atoms with Gasteiger partial charge in [-0.05, 0) is 43.7 Å². The van der Waals surface area contributed by atoms with Crippen LogP contribution < -0.4 is 10.2 Å². The summed E-state index contributed by atoms with van der Waals surface area (Å²) < 4.78 is 7.16. The molecule has 3 aliphatic rings. The summed E-state index contributed by atoms with van der Waals surface area (Å²) in [5.74, 6) is 0.124. The summed E-state index contributed by atoms with van der Waals surface area (Å²) in [5.41, 5.74) is 5.84. The van der Waals surface area contributed by atoms with Gasteiger partial charge in [0, 0.05) is 42.7 Å². The largest absolute Gasteiger partial charge is 0.367 e. The average molecular weight is 501 g/mol. The molecule has 37 heavy (non-hydrogen) atoms. The zero-order chi connectivity index (χ0) is 25.9. The van der Waals surface area contributed by atoms with Gasteiger partial charge in [-0.2, -0.15) is 10.1 Å². The molecule has 3 saturated heterocycles. The third-order valence-corrected chi connectivity index (χ3v) is 7.64. The smallest absolute Gasteiger partial charge is 0.292 e. The third-order valence-electron chi connectivity index (χ3n) is 7.64. The van der Waals surface area contributed by atoms with Gasteiger partial charge in [0.1, 0.15) is 6.33 Å². The number of amides is 1. The Morgan fingerprint density at radius 2 is 1.97 bits per heavy atom. The highest BCUT2D eigenvalue weighted by atomic mass is 16.5. The van der Waals surface area contributed by atoms with Crippen molar-refractivity contribution in [1.29, 1.82) is 0 Å². The number of carbonyl (C=O) groups excluding carboxylic acids is 1. The number of aromatic nitrogens is 5. The number of anilines is 1. The highest BCUT2D eigenvalue weighted by molar-refractivity contribution is 5.90. The summed E-state index contributed by atoms with van der Waals surface area (Å²) in [4.78, 5) is 26.4. The molecule has 7 rings (SSSR count). The van der Waals surface area contributed by atoms with Crippen molar-refractivity contribution in [1.82, 2.24) is 35.0 Å². The van der Waals surface area contributed by atoms with Gasteiger partial charge in [0.2, 0.25) is 5.89 Å². The van der Waals surface area contributed by atoms with Gasteiger partial charge in [0.15, 0.2) is 0 Å². The Balaban J connectivity index is 1.19. The van der Waals surface area contributed by atoms with Crippen LogP contribution in [0.1, 0.15) is 54.8 Å². The van der Waals surface area contributed by atoms with Crippen LogP contribution >= 0.6 is 0 Å². The summed E-state index contributed by atoms with van der Waals surface area (Å²) in [5, 5.41) is 11.2. The number of fused-ring (bicyclic) bond motifs is 3. The van der Waals surface area contributed by atoms with E-state index in [-0.39, 0.29) is 17.1 Å². The topological polar surface area (TPSA) is 105 Å². The lowest BCUT2D eigenvalue weighted by Gasteiger charge is -2.55. The highest BCUT2D eigenvalue weighted by Gasteiger charge is 2.42. The number of nitrogens with one attached hydrogen (secondary N) is 1. The van der Waals surface area contributed by atoms with E-state index >= 15 is 0 Å². The number of benzene rings is 1. The molecule has 2 unspecified atom stereocenters. The summed E-state index contributed by atoms with van der Waals surface area (Å²) >= 11 is 0. The zero-order valence-corrected chi connectivity index (χ0v) is 21.9. The highest BCUT2D eigenvalue weighted by Crippen LogP contribution is 2.35. The second-order valence-corrected chi connectivity index (χ2v) is 11.2. The van der Waals surface area contributed by atoms with E-state index in [0.29, 0.717) is 24.5 Å². The number of aryl methyl sites for hydroxylation is 1. The second kappa shape index (κ2) is 8.65. The van der Waals surface area contributed by atoms with E-state index in [1.165, 1.54) is 12.1 Å². The van der Waals surface area contributed by atoms with Gasteiger partial charge in [-0.1, -0.05) is 38.1 Å². The molecule has 2 bridgehead atoms. The van der Waals surface area contributed by atoms with E-state index in [0.717, 1.165) is 41.0 Å². The number of nitrogens with zero attached hydrogens (tertiary/aromatic N) is 7. The molecule has 1 aromatic carbocycles. The molecule has 2 atom stereocenters. The molecule has 10 heteroatoms. The maximum atomic E-state index is 12.6. The lowest BCUT2D eigenvalue weighted by atomic mass is 9.88. The fourth-order valence-corrected chi connectivity index (χ4v) is 5.24. The Hall–Kier alpha value is -3.79. The Labute approximate surface area is 215 Å². The summed E-state index contributed by atoms with van der Waals surface area (Å²) in [6.45, 7) is 10.4. The van der Waals surface area contributed by atoms with E-state index in [1.807, 2.05) is 44.3 Å². The fourth-order valence-electron chi connectivity index (χ4n) is 5.24. The molecule has 4 aromatic rings. The van der Waals surface area contributed by atoms with Gasteiger partial charge in [0.05, 0.1) is 23.1 Å². The standard InChI is InChI=1S/C27H32N8O2/c1-16-8-17(6-7-18(16)11-28-25(36)24-31-26(37-32-24)27(2,3)4)23-22-10-21(14-35(22)30-15-29-23)34-12-19-9-20(13-34)33(19)5/h6-8,10,14-15,19-20H,9,11-13H2,1-5H3,(H,28,36). The number of rotatable bonds is 5. The normalized spacial score (nSPS) is 19.8. The van der Waals surface area contributed by atoms with Crippen molar-refractivity contribution in [3.8, 4) is 11.3 Å². The minimum absolute atomic E-state index is 0.0456. The third kappa shape index (κ3) is 4.25. The van der Waals surface area contributed by atoms with Crippen LogP contribution in [0.25, 0.3) is 16.8 Å². The SMILES string of the molecule is Cc1cc(-c2ncnn3cc(N4CC5CC(C4)N5C)cc23)ccc1CNC(=O)c1noc(C(C)(C)C)n1. The molecule has 3 aromatic heterocycles. The van der Waals surface area contributed by atoms with Gasteiger partial charge in [-0.3, -0.25) is 9.69 Å². The van der Waals surface area contributed by atoms with Crippen LogP contribution in [0, 0.1) is 6.92 Å². The van der Waals surface area contributed by atoms with Crippen LogP contribution in [0.2, 0.25) is 0 Å². The van der Waals surface area contributed by atoms with Gasteiger partial charge >= 0.3 is 0 Å². The van der Waals surface area contributed by atoms with E-state index in [1.54, 1.807) is 6.33 Å². The predicted molar refractivity (Wildman–Crippen MR) is 139 cm³/mol. The Bertz CT molecular complexity index is 1470. The second-order valence-electron chi connectivity index (χ2n) is 11.2.